The molecule has 1 aromatic heterocycles. The van der Waals surface area contributed by atoms with Crippen LogP contribution in [0.25, 0.3) is 0 Å². The molecule has 0 radical (unpaired) electrons. The molecule has 0 fully saturated rings. The van der Waals surface area contributed by atoms with E-state index in [0.29, 0.717) is 5.69 Å². The molecule has 2 N–H and O–H groups in total. The Morgan fingerprint density at radius 3 is 2.86 bits per heavy atom. The van der Waals surface area contributed by atoms with Gasteiger partial charge >= 0.3 is 5.97 Å². The van der Waals surface area contributed by atoms with Crippen LogP contribution in [0.4, 0.5) is 5.69 Å². The molecule has 0 saturated carbocycles. The highest BCUT2D eigenvalue weighted by atomic mass is 16.5. The Labute approximate surface area is 122 Å². The quantitative estimate of drug-likeness (QED) is 0.680. The SMILES string of the molecule is Nc1ccc(CC(=O)OCc2nnc3n2CCCC3)cc1. The fourth-order valence-electron chi connectivity index (χ4n) is 2.47. The van der Waals surface area contributed by atoms with E-state index in [1.54, 1.807) is 12.1 Å². The topological polar surface area (TPSA) is 83.0 Å². The Morgan fingerprint density at radius 1 is 1.24 bits per heavy atom. The lowest BCUT2D eigenvalue weighted by Crippen LogP contribution is -2.15. The normalized spacial score (nSPS) is 13.7. The van der Waals surface area contributed by atoms with Crippen molar-refractivity contribution in [2.24, 2.45) is 0 Å². The number of ether oxygens (including phenoxy) is 1. The first-order chi connectivity index (χ1) is 10.2. The Morgan fingerprint density at radius 2 is 2.05 bits per heavy atom. The first kappa shape index (κ1) is 13.6. The standard InChI is InChI=1S/C15H18N4O2/c16-12-6-4-11(5-7-12)9-15(20)21-10-14-18-17-13-3-1-2-8-19(13)14/h4-7H,1-3,8-10,16H2. The summed E-state index contributed by atoms with van der Waals surface area (Å²) in [5, 5.41) is 8.24. The molecule has 110 valence electrons. The van der Waals surface area contributed by atoms with Crippen LogP contribution >= 0.6 is 0 Å². The van der Waals surface area contributed by atoms with Crippen molar-refractivity contribution >= 4 is 11.7 Å². The second-order valence-electron chi connectivity index (χ2n) is 5.22. The number of carbonyl (C=O) groups excluding carboxylic acids is 1. The maximum absolute atomic E-state index is 11.8. The van der Waals surface area contributed by atoms with Crippen LogP contribution in [0.5, 0.6) is 0 Å². The van der Waals surface area contributed by atoms with Gasteiger partial charge in [0.2, 0.25) is 0 Å². The molecule has 0 saturated heterocycles. The maximum Gasteiger partial charge on any atom is 0.310 e. The third-order valence-corrected chi connectivity index (χ3v) is 3.63. The molecule has 3 rings (SSSR count). The van der Waals surface area contributed by atoms with Gasteiger partial charge in [-0.25, -0.2) is 0 Å². The summed E-state index contributed by atoms with van der Waals surface area (Å²) < 4.78 is 7.35. The molecule has 1 aliphatic rings. The number of aromatic nitrogens is 3. The van der Waals surface area contributed by atoms with Crippen LogP contribution in [-0.2, 0) is 35.5 Å². The van der Waals surface area contributed by atoms with E-state index in [2.05, 4.69) is 14.8 Å². The molecule has 0 unspecified atom stereocenters. The smallest absolute Gasteiger partial charge is 0.310 e. The van der Waals surface area contributed by atoms with E-state index in [-0.39, 0.29) is 19.0 Å². The molecule has 2 aromatic rings. The number of aryl methyl sites for hydroxylation is 1. The van der Waals surface area contributed by atoms with Crippen LogP contribution in [0, 0.1) is 0 Å². The zero-order valence-electron chi connectivity index (χ0n) is 11.8. The number of carbonyl (C=O) groups is 1. The minimum Gasteiger partial charge on any atom is -0.457 e. The zero-order valence-corrected chi connectivity index (χ0v) is 11.8. The molecule has 0 amide bonds. The molecule has 2 heterocycles. The number of nitrogen functional groups attached to an aromatic ring is 1. The lowest BCUT2D eigenvalue weighted by Gasteiger charge is -2.14. The predicted molar refractivity (Wildman–Crippen MR) is 77.3 cm³/mol. The molecule has 6 heteroatoms. The van der Waals surface area contributed by atoms with E-state index >= 15 is 0 Å². The van der Waals surface area contributed by atoms with E-state index < -0.39 is 0 Å². The second-order valence-corrected chi connectivity index (χ2v) is 5.22. The minimum atomic E-state index is -0.270. The summed E-state index contributed by atoms with van der Waals surface area (Å²) >= 11 is 0. The molecular formula is C15H18N4O2. The fourth-order valence-corrected chi connectivity index (χ4v) is 2.47. The van der Waals surface area contributed by atoms with Gasteiger partial charge in [-0.15, -0.1) is 10.2 Å². The number of rotatable bonds is 4. The number of nitrogens with two attached hydrogens (primary N) is 1. The lowest BCUT2D eigenvalue weighted by molar-refractivity contribution is -0.144. The third kappa shape index (κ3) is 3.21. The van der Waals surface area contributed by atoms with Crippen molar-refractivity contribution in [3.63, 3.8) is 0 Å². The van der Waals surface area contributed by atoms with Crippen molar-refractivity contribution in [2.45, 2.75) is 38.8 Å². The van der Waals surface area contributed by atoms with Gasteiger partial charge in [0, 0.05) is 18.7 Å². The molecule has 1 aromatic carbocycles. The predicted octanol–water partition coefficient (Wildman–Crippen LogP) is 1.48. The average Bonchev–Trinajstić information content (AvgIpc) is 2.91. The number of nitrogens with zero attached hydrogens (tertiary/aromatic N) is 3. The van der Waals surface area contributed by atoms with E-state index in [1.165, 1.54) is 0 Å². The molecule has 6 nitrogen and oxygen atoms in total. The van der Waals surface area contributed by atoms with E-state index in [0.717, 1.165) is 43.0 Å². The van der Waals surface area contributed by atoms with Crippen LogP contribution < -0.4 is 5.73 Å². The summed E-state index contributed by atoms with van der Waals surface area (Å²) in [6.07, 6.45) is 3.46. The van der Waals surface area contributed by atoms with Crippen LogP contribution in [0.3, 0.4) is 0 Å². The summed E-state index contributed by atoms with van der Waals surface area (Å²) in [4.78, 5) is 11.8. The number of hydrogen-bond acceptors (Lipinski definition) is 5. The first-order valence-corrected chi connectivity index (χ1v) is 7.13. The van der Waals surface area contributed by atoms with E-state index in [9.17, 15) is 4.79 Å². The highest BCUT2D eigenvalue weighted by Crippen LogP contribution is 2.15. The van der Waals surface area contributed by atoms with E-state index in [4.69, 9.17) is 10.5 Å². The summed E-state index contributed by atoms with van der Waals surface area (Å²) in [6, 6.07) is 7.21. The third-order valence-electron chi connectivity index (χ3n) is 3.63. The molecule has 0 spiro atoms. The van der Waals surface area contributed by atoms with Gasteiger partial charge in [0.05, 0.1) is 6.42 Å². The highest BCUT2D eigenvalue weighted by molar-refractivity contribution is 5.72. The largest absolute Gasteiger partial charge is 0.457 e. The van der Waals surface area contributed by atoms with Gasteiger partial charge < -0.3 is 15.0 Å². The van der Waals surface area contributed by atoms with Crippen molar-refractivity contribution in [3.05, 3.63) is 41.5 Å². The summed E-state index contributed by atoms with van der Waals surface area (Å²) in [7, 11) is 0. The van der Waals surface area contributed by atoms with Gasteiger partial charge in [0.25, 0.3) is 0 Å². The first-order valence-electron chi connectivity index (χ1n) is 7.13. The number of fused-ring (bicyclic) bond motifs is 1. The van der Waals surface area contributed by atoms with Crippen LogP contribution in [-0.4, -0.2) is 20.7 Å². The molecule has 1 aliphatic heterocycles. The van der Waals surface area contributed by atoms with Gasteiger partial charge in [-0.1, -0.05) is 12.1 Å². The minimum absolute atomic E-state index is 0.181. The monoisotopic (exact) mass is 286 g/mol. The van der Waals surface area contributed by atoms with Gasteiger partial charge in [0.1, 0.15) is 5.82 Å². The Balaban J connectivity index is 1.56. The number of anilines is 1. The zero-order chi connectivity index (χ0) is 14.7. The number of hydrogen-bond donors (Lipinski definition) is 1. The van der Waals surface area contributed by atoms with E-state index in [1.807, 2.05) is 12.1 Å². The molecule has 0 atom stereocenters. The average molecular weight is 286 g/mol. The number of benzene rings is 1. The van der Waals surface area contributed by atoms with Gasteiger partial charge in [-0.2, -0.15) is 0 Å². The van der Waals surface area contributed by atoms with Gasteiger partial charge in [-0.3, -0.25) is 4.79 Å². The van der Waals surface area contributed by atoms with Crippen LogP contribution in [0.1, 0.15) is 30.1 Å². The summed E-state index contributed by atoms with van der Waals surface area (Å²) in [5.74, 6) is 1.45. The van der Waals surface area contributed by atoms with Crippen molar-refractivity contribution in [1.82, 2.24) is 14.8 Å². The lowest BCUT2D eigenvalue weighted by atomic mass is 10.1. The molecule has 0 aliphatic carbocycles. The summed E-state index contributed by atoms with van der Waals surface area (Å²) in [5.41, 5.74) is 7.18. The molecular weight excluding hydrogens is 268 g/mol. The highest BCUT2D eigenvalue weighted by Gasteiger charge is 2.16. The maximum atomic E-state index is 11.8. The van der Waals surface area contributed by atoms with Crippen molar-refractivity contribution in [1.29, 1.82) is 0 Å². The second kappa shape index (κ2) is 5.95. The van der Waals surface area contributed by atoms with Crippen molar-refractivity contribution in [3.8, 4) is 0 Å². The Kier molecular flexibility index (Phi) is 3.85. The van der Waals surface area contributed by atoms with Crippen LogP contribution in [0.15, 0.2) is 24.3 Å². The molecule has 0 bridgehead atoms. The Bertz CT molecular complexity index is 634. The van der Waals surface area contributed by atoms with Gasteiger partial charge in [0.15, 0.2) is 12.4 Å². The summed E-state index contributed by atoms with van der Waals surface area (Å²) in [6.45, 7) is 1.09. The Hall–Kier alpha value is -2.37. The van der Waals surface area contributed by atoms with Crippen molar-refractivity contribution in [2.75, 3.05) is 5.73 Å². The molecule has 21 heavy (non-hydrogen) atoms. The number of esters is 1. The van der Waals surface area contributed by atoms with Crippen molar-refractivity contribution < 1.29 is 9.53 Å². The fraction of sp³-hybridized carbons (Fsp3) is 0.400. The van der Waals surface area contributed by atoms with Crippen LogP contribution in [0.2, 0.25) is 0 Å². The van der Waals surface area contributed by atoms with Gasteiger partial charge in [-0.05, 0) is 30.5 Å².